The van der Waals surface area contributed by atoms with Gasteiger partial charge in [0.25, 0.3) is 0 Å². The Labute approximate surface area is 173 Å². The molecule has 0 heterocycles. The van der Waals surface area contributed by atoms with E-state index in [2.05, 4.69) is 47.7 Å². The fourth-order valence-corrected chi connectivity index (χ4v) is 5.61. The molecular formula is C22H44O5Si. The third kappa shape index (κ3) is 7.12. The van der Waals surface area contributed by atoms with E-state index in [0.717, 1.165) is 19.3 Å². The first-order valence-corrected chi connectivity index (χ1v) is 14.0. The molecular weight excluding hydrogens is 372 g/mol. The first-order valence-electron chi connectivity index (χ1n) is 11.1. The maximum absolute atomic E-state index is 11.2. The lowest BCUT2D eigenvalue weighted by Gasteiger charge is -2.41. The van der Waals surface area contributed by atoms with Gasteiger partial charge in [0.1, 0.15) is 0 Å². The van der Waals surface area contributed by atoms with Crippen molar-refractivity contribution in [3.63, 3.8) is 0 Å². The number of carboxylic acid groups (broad SMARTS) is 1. The maximum Gasteiger partial charge on any atom is 0.303 e. The second-order valence-corrected chi connectivity index (χ2v) is 15.2. The van der Waals surface area contributed by atoms with Crippen LogP contribution in [0.15, 0.2) is 0 Å². The number of unbranched alkanes of at least 4 members (excludes halogenated alkanes) is 1. The minimum Gasteiger partial charge on any atom is -0.481 e. The number of carbonyl (C=O) groups is 1. The largest absolute Gasteiger partial charge is 0.481 e. The van der Waals surface area contributed by atoms with Crippen LogP contribution in [0.3, 0.4) is 0 Å². The van der Waals surface area contributed by atoms with Crippen LogP contribution in [0.4, 0.5) is 0 Å². The molecule has 0 radical (unpaired) electrons. The van der Waals surface area contributed by atoms with Crippen LogP contribution in [0.25, 0.3) is 0 Å². The van der Waals surface area contributed by atoms with Gasteiger partial charge in [-0.05, 0) is 55.7 Å². The van der Waals surface area contributed by atoms with Gasteiger partial charge in [0, 0.05) is 12.0 Å². The fourth-order valence-electron chi connectivity index (χ4n) is 4.15. The zero-order valence-corrected chi connectivity index (χ0v) is 20.1. The normalized spacial score (nSPS) is 28.3. The van der Waals surface area contributed by atoms with Crippen LogP contribution in [0, 0.1) is 17.8 Å². The summed E-state index contributed by atoms with van der Waals surface area (Å²) in [6.07, 6.45) is 3.91. The van der Waals surface area contributed by atoms with Crippen molar-refractivity contribution in [2.75, 3.05) is 0 Å². The van der Waals surface area contributed by atoms with Crippen molar-refractivity contribution in [3.05, 3.63) is 0 Å². The molecule has 166 valence electrons. The molecule has 1 aliphatic rings. The third-order valence-electron chi connectivity index (χ3n) is 7.12. The van der Waals surface area contributed by atoms with Crippen molar-refractivity contribution in [2.45, 2.75) is 116 Å². The summed E-state index contributed by atoms with van der Waals surface area (Å²) in [5, 5.41) is 29.9. The maximum atomic E-state index is 11.2. The Bertz CT molecular complexity index is 488. The monoisotopic (exact) mass is 416 g/mol. The minimum absolute atomic E-state index is 0.0813. The molecule has 1 saturated carbocycles. The van der Waals surface area contributed by atoms with Gasteiger partial charge >= 0.3 is 5.97 Å². The van der Waals surface area contributed by atoms with E-state index in [1.54, 1.807) is 0 Å². The highest BCUT2D eigenvalue weighted by Gasteiger charge is 2.44. The summed E-state index contributed by atoms with van der Waals surface area (Å²) in [6, 6.07) is 0. The number of hydrogen-bond acceptors (Lipinski definition) is 4. The Morgan fingerprint density at radius 2 is 1.71 bits per heavy atom. The lowest BCUT2D eigenvalue weighted by Crippen LogP contribution is -2.45. The molecule has 1 aliphatic carbocycles. The Balaban J connectivity index is 2.88. The zero-order chi connectivity index (χ0) is 21.7. The lowest BCUT2D eigenvalue weighted by molar-refractivity contribution is -0.139. The molecule has 1 unspecified atom stereocenters. The number of carboxylic acids is 1. The van der Waals surface area contributed by atoms with Gasteiger partial charge in [0.2, 0.25) is 0 Å². The van der Waals surface area contributed by atoms with Gasteiger partial charge in [-0.3, -0.25) is 4.79 Å². The minimum atomic E-state index is -1.93. The number of aliphatic hydroxyl groups excluding tert-OH is 2. The first kappa shape index (κ1) is 25.6. The molecule has 0 aliphatic heterocycles. The molecule has 0 aromatic carbocycles. The van der Waals surface area contributed by atoms with Gasteiger partial charge in [-0.2, -0.15) is 0 Å². The van der Waals surface area contributed by atoms with E-state index in [0.29, 0.717) is 12.3 Å². The van der Waals surface area contributed by atoms with E-state index in [-0.39, 0.29) is 35.8 Å². The number of aliphatic carboxylic acids is 1. The van der Waals surface area contributed by atoms with Crippen LogP contribution < -0.4 is 0 Å². The van der Waals surface area contributed by atoms with Gasteiger partial charge in [-0.25, -0.2) is 0 Å². The van der Waals surface area contributed by atoms with Crippen molar-refractivity contribution in [1.29, 1.82) is 0 Å². The smallest absolute Gasteiger partial charge is 0.303 e. The molecule has 28 heavy (non-hydrogen) atoms. The van der Waals surface area contributed by atoms with Gasteiger partial charge in [0.15, 0.2) is 8.32 Å². The summed E-state index contributed by atoms with van der Waals surface area (Å²) in [6.45, 7) is 15.7. The molecule has 5 nitrogen and oxygen atoms in total. The van der Waals surface area contributed by atoms with Gasteiger partial charge in [-0.15, -0.1) is 0 Å². The highest BCUT2D eigenvalue weighted by Crippen LogP contribution is 2.42. The molecule has 0 aromatic heterocycles. The summed E-state index contributed by atoms with van der Waals surface area (Å²) < 4.78 is 6.78. The lowest BCUT2D eigenvalue weighted by atomic mass is 9.84. The van der Waals surface area contributed by atoms with Crippen LogP contribution in [0.2, 0.25) is 18.1 Å². The summed E-state index contributed by atoms with van der Waals surface area (Å²) >= 11 is 0. The predicted octanol–water partition coefficient (Wildman–Crippen LogP) is 4.82. The molecule has 3 N–H and O–H groups in total. The molecule has 0 saturated heterocycles. The number of hydrogen-bond donors (Lipinski definition) is 3. The summed E-state index contributed by atoms with van der Waals surface area (Å²) in [5.74, 6) is -1.02. The second kappa shape index (κ2) is 10.6. The van der Waals surface area contributed by atoms with Crippen molar-refractivity contribution in [3.8, 4) is 0 Å². The average Bonchev–Trinajstić information content (AvgIpc) is 2.81. The highest BCUT2D eigenvalue weighted by atomic mass is 28.4. The predicted molar refractivity (Wildman–Crippen MR) is 116 cm³/mol. The summed E-state index contributed by atoms with van der Waals surface area (Å²) in [5.41, 5.74) is 0. The van der Waals surface area contributed by atoms with Gasteiger partial charge in [0.05, 0.1) is 18.6 Å². The number of aliphatic hydroxyl groups is 2. The molecule has 1 rings (SSSR count). The van der Waals surface area contributed by atoms with Gasteiger partial charge < -0.3 is 19.7 Å². The van der Waals surface area contributed by atoms with E-state index in [1.807, 2.05) is 0 Å². The first-order chi connectivity index (χ1) is 12.8. The quantitative estimate of drug-likeness (QED) is 0.421. The Morgan fingerprint density at radius 1 is 1.14 bits per heavy atom. The standard InChI is InChI=1S/C22H44O5Si/c1-8-9-10-15(2)20(27-28(6,7)22(3,4)5)12-11-16-17(13-21(25)26)19(24)14-18(16)23/h15-20,23-24H,8-14H2,1-7H3,(H,25,26)/t15?,16-,17-,18-,19+,20+/m1/s1. The zero-order valence-electron chi connectivity index (χ0n) is 19.1. The van der Waals surface area contributed by atoms with Crippen molar-refractivity contribution >= 4 is 14.3 Å². The molecule has 1 fully saturated rings. The van der Waals surface area contributed by atoms with Crippen LogP contribution >= 0.6 is 0 Å². The fraction of sp³-hybridized carbons (Fsp3) is 0.955. The van der Waals surface area contributed by atoms with E-state index >= 15 is 0 Å². The van der Waals surface area contributed by atoms with E-state index in [1.165, 1.54) is 6.42 Å². The van der Waals surface area contributed by atoms with E-state index < -0.39 is 26.5 Å². The Hall–Kier alpha value is -0.433. The highest BCUT2D eigenvalue weighted by molar-refractivity contribution is 6.74. The molecule has 0 aromatic rings. The molecule has 0 spiro atoms. The molecule has 6 atom stereocenters. The molecule has 0 bridgehead atoms. The van der Waals surface area contributed by atoms with Crippen LogP contribution in [0.1, 0.15) is 79.6 Å². The van der Waals surface area contributed by atoms with E-state index in [9.17, 15) is 20.1 Å². The average molecular weight is 417 g/mol. The van der Waals surface area contributed by atoms with Crippen molar-refractivity contribution < 1.29 is 24.5 Å². The Morgan fingerprint density at radius 3 is 2.21 bits per heavy atom. The molecule has 6 heteroatoms. The number of rotatable bonds is 11. The van der Waals surface area contributed by atoms with Crippen LogP contribution in [-0.4, -0.2) is 47.9 Å². The van der Waals surface area contributed by atoms with Gasteiger partial charge in [-0.1, -0.05) is 47.5 Å². The Kier molecular flexibility index (Phi) is 9.65. The topological polar surface area (TPSA) is 87.0 Å². The SMILES string of the molecule is CCCCC(C)[C@H](CC[C@@H]1[C@@H](CC(=O)O)[C@@H](O)C[C@H]1O)O[Si](C)(C)C(C)(C)C. The van der Waals surface area contributed by atoms with Crippen molar-refractivity contribution in [1.82, 2.24) is 0 Å². The molecule has 0 amide bonds. The van der Waals surface area contributed by atoms with Crippen LogP contribution in [0.5, 0.6) is 0 Å². The van der Waals surface area contributed by atoms with Crippen molar-refractivity contribution in [2.24, 2.45) is 17.8 Å². The summed E-state index contributed by atoms with van der Waals surface area (Å²) in [7, 11) is -1.93. The van der Waals surface area contributed by atoms with E-state index in [4.69, 9.17) is 4.43 Å². The van der Waals surface area contributed by atoms with Crippen LogP contribution in [-0.2, 0) is 9.22 Å². The summed E-state index contributed by atoms with van der Waals surface area (Å²) in [4.78, 5) is 11.2. The second-order valence-electron chi connectivity index (χ2n) is 10.4. The third-order valence-corrected chi connectivity index (χ3v) is 11.6.